The first kappa shape index (κ1) is 1.24. The van der Waals surface area contributed by atoms with Crippen LogP contribution in [0.15, 0.2) is 16.3 Å². The van der Waals surface area contributed by atoms with E-state index in [0.29, 0.717) is 0 Å². The summed E-state index contributed by atoms with van der Waals surface area (Å²) in [5.74, 6) is 0. The molecule has 0 aliphatic rings. The van der Waals surface area contributed by atoms with E-state index in [0.717, 1.165) is 4.99 Å². The van der Waals surface area contributed by atoms with Gasteiger partial charge < -0.3 is 0 Å². The second-order valence-electron chi connectivity index (χ2n) is 0.628. The van der Waals surface area contributed by atoms with E-state index in [9.17, 15) is 0 Å². The van der Waals surface area contributed by atoms with Gasteiger partial charge in [-0.2, -0.15) is 0 Å². The molecule has 0 aromatic rings. The predicted molar refractivity (Wildman–Crippen MR) is 31.9 cm³/mol. The molecule has 0 heterocycles. The van der Waals surface area contributed by atoms with Crippen molar-refractivity contribution < 1.29 is 8.22 Å². The summed E-state index contributed by atoms with van der Waals surface area (Å²) in [5, 5.41) is 0. The van der Waals surface area contributed by atoms with Crippen molar-refractivity contribution >= 4 is 15.9 Å². The first-order valence-corrected chi connectivity index (χ1v) is 2.17. The summed E-state index contributed by atoms with van der Waals surface area (Å²) in [7, 11) is 0. The number of halogens is 1. The lowest BCUT2D eigenvalue weighted by Gasteiger charge is -1.69. The largest absolute Gasteiger partial charge is 0.115 e. The maximum Gasteiger partial charge on any atom is 0.0283 e. The Balaban J connectivity index is 5.12. The van der Waals surface area contributed by atoms with Gasteiger partial charge in [-0.05, 0) is 19.3 Å². The van der Waals surface area contributed by atoms with E-state index in [2.05, 4.69) is 21.7 Å². The third-order valence-corrected chi connectivity index (χ3v) is 0.428. The van der Waals surface area contributed by atoms with Gasteiger partial charge in [0.25, 0.3) is 0 Å². The van der Waals surface area contributed by atoms with Crippen molar-refractivity contribution in [3.05, 3.63) is 16.3 Å². The Kier molecular flexibility index (Phi) is 0.661. The van der Waals surface area contributed by atoms with Gasteiger partial charge in [0, 0.05) is 13.2 Å². The van der Waals surface area contributed by atoms with Crippen molar-refractivity contribution in [2.75, 3.05) is 0 Å². The van der Waals surface area contributed by atoms with E-state index in [1.807, 2.05) is 0 Å². The molecule has 34 valence electrons. The van der Waals surface area contributed by atoms with Gasteiger partial charge in [-0.15, -0.1) is 5.73 Å². The second kappa shape index (κ2) is 3.20. The van der Waals surface area contributed by atoms with Crippen LogP contribution in [0.5, 0.6) is 0 Å². The number of rotatable bonds is 0. The van der Waals surface area contributed by atoms with Gasteiger partial charge in [0.15, 0.2) is 0 Å². The van der Waals surface area contributed by atoms with Crippen molar-refractivity contribution in [3.8, 4) is 0 Å². The van der Waals surface area contributed by atoms with Crippen LogP contribution in [0.1, 0.15) is 21.9 Å². The van der Waals surface area contributed by atoms with E-state index >= 15 is 0 Å². The third kappa shape index (κ3) is 4.00. The molecule has 0 saturated heterocycles. The Hall–Kier alpha value is 0. The summed E-state index contributed by atoms with van der Waals surface area (Å²) < 4.78 is 41.3. The van der Waals surface area contributed by atoms with Crippen LogP contribution in [0.2, 0.25) is 0 Å². The lowest BCUT2D eigenvalue weighted by Crippen LogP contribution is -1.48. The molecule has 0 nitrogen and oxygen atoms in total. The van der Waals surface area contributed by atoms with Crippen LogP contribution < -0.4 is 0 Å². The highest BCUT2D eigenvalue weighted by atomic mass is 79.9. The number of allylic oxidation sites excluding steroid dienone is 1. The van der Waals surface area contributed by atoms with Gasteiger partial charge in [-0.25, -0.2) is 0 Å². The molecule has 0 saturated carbocycles. The Bertz CT molecular complexity index is 199. The summed E-state index contributed by atoms with van der Waals surface area (Å²) in [6, 6.07) is 0. The first-order chi connectivity index (χ1) is 5.19. The Labute approximate surface area is 55.1 Å². The van der Waals surface area contributed by atoms with Gasteiger partial charge in [-0.1, -0.05) is 15.9 Å². The lowest BCUT2D eigenvalue weighted by molar-refractivity contribution is 1.41. The fourth-order valence-corrected chi connectivity index (χ4v) is 0.283. The predicted octanol–water partition coefficient (Wildman–Crippen LogP) is 2.46. The van der Waals surface area contributed by atoms with Gasteiger partial charge in [0.1, 0.15) is 0 Å². The third-order valence-electron chi connectivity index (χ3n) is 0.199. The van der Waals surface area contributed by atoms with Gasteiger partial charge in [0.2, 0.25) is 0 Å². The summed E-state index contributed by atoms with van der Waals surface area (Å²) >= 11 is 2.78. The van der Waals surface area contributed by atoms with Crippen LogP contribution in [0, 0.1) is 0 Å². The lowest BCUT2D eigenvalue weighted by atomic mass is 10.4. The van der Waals surface area contributed by atoms with Crippen molar-refractivity contribution in [2.45, 2.75) is 13.7 Å². The molecular weight excluding hydrogens is 140 g/mol. The molecule has 0 amide bonds. The highest BCUT2D eigenvalue weighted by Crippen LogP contribution is 1.85. The SMILES string of the molecule is [2H]C([2H])([2H])C(=C=CBr)C([2H])([2H])[2H]. The molecule has 0 rings (SSSR count). The monoisotopic (exact) mass is 152 g/mol. The zero-order valence-electron chi connectivity index (χ0n) is 8.96. The molecule has 0 aliphatic carbocycles. The minimum atomic E-state index is -2.62. The Morgan fingerprint density at radius 3 is 2.83 bits per heavy atom. The maximum absolute atomic E-state index is 6.88. The van der Waals surface area contributed by atoms with Gasteiger partial charge in [-0.3, -0.25) is 0 Å². The molecule has 1 heteroatoms. The summed E-state index contributed by atoms with van der Waals surface area (Å²) in [6.07, 6.45) is 0. The number of hydrogen-bond donors (Lipinski definition) is 0. The smallest absolute Gasteiger partial charge is 0.0283 e. The molecule has 0 aromatic heterocycles. The Morgan fingerprint density at radius 1 is 2.00 bits per heavy atom. The van der Waals surface area contributed by atoms with Crippen LogP contribution in [0.3, 0.4) is 0 Å². The average Bonchev–Trinajstić information content (AvgIpc) is 1.77. The van der Waals surface area contributed by atoms with Crippen molar-refractivity contribution in [3.63, 3.8) is 0 Å². The molecule has 6 heavy (non-hydrogen) atoms. The summed E-state index contributed by atoms with van der Waals surface area (Å²) in [5.41, 5.74) is 1.49. The van der Waals surface area contributed by atoms with E-state index < -0.39 is 19.3 Å². The molecular formula is C5H7Br. The molecule has 0 unspecified atom stereocenters. The number of hydrogen-bond acceptors (Lipinski definition) is 0. The topological polar surface area (TPSA) is 0 Å². The summed E-state index contributed by atoms with van der Waals surface area (Å²) in [6.45, 7) is -5.23. The van der Waals surface area contributed by atoms with Gasteiger partial charge >= 0.3 is 0 Å². The highest BCUT2D eigenvalue weighted by molar-refractivity contribution is 9.11. The van der Waals surface area contributed by atoms with Crippen LogP contribution in [0.25, 0.3) is 0 Å². The van der Waals surface area contributed by atoms with E-state index in [1.165, 1.54) is 0 Å². The zero-order chi connectivity index (χ0) is 9.99. The zero-order valence-corrected chi connectivity index (χ0v) is 4.54. The van der Waals surface area contributed by atoms with Crippen LogP contribution in [-0.2, 0) is 0 Å². The highest BCUT2D eigenvalue weighted by Gasteiger charge is 1.60. The minimum absolute atomic E-state index is 0.660. The first-order valence-electron chi connectivity index (χ1n) is 4.26. The normalized spacial score (nSPS) is 25.5. The van der Waals surface area contributed by atoms with Crippen LogP contribution in [0.4, 0.5) is 0 Å². The minimum Gasteiger partial charge on any atom is -0.115 e. The van der Waals surface area contributed by atoms with Crippen LogP contribution >= 0.6 is 15.9 Å². The van der Waals surface area contributed by atoms with Gasteiger partial charge in [0.05, 0.1) is 0 Å². The average molecular weight is 153 g/mol. The molecule has 0 fully saturated rings. The fraction of sp³-hybridized carbons (Fsp3) is 0.400. The van der Waals surface area contributed by atoms with E-state index in [-0.39, 0.29) is 0 Å². The van der Waals surface area contributed by atoms with Crippen molar-refractivity contribution in [2.24, 2.45) is 0 Å². The van der Waals surface area contributed by atoms with Crippen molar-refractivity contribution in [1.29, 1.82) is 0 Å². The molecule has 0 N–H and O–H groups in total. The second-order valence-corrected chi connectivity index (χ2v) is 1.09. The standard InChI is InChI=1S/C5H7Br/c1-5(2)3-4-6/h4H,1-2H3/i1D3,2D3. The van der Waals surface area contributed by atoms with E-state index in [1.54, 1.807) is 0 Å². The van der Waals surface area contributed by atoms with Crippen molar-refractivity contribution in [1.82, 2.24) is 0 Å². The quantitative estimate of drug-likeness (QED) is 0.469. The molecule has 0 radical (unpaired) electrons. The fourth-order valence-electron chi connectivity index (χ4n) is 0.0546. The Morgan fingerprint density at radius 2 is 2.67 bits per heavy atom. The van der Waals surface area contributed by atoms with E-state index in [4.69, 9.17) is 8.22 Å². The molecule has 0 aliphatic heterocycles. The summed E-state index contributed by atoms with van der Waals surface area (Å²) in [4.78, 5) is 1.10. The molecule has 0 atom stereocenters. The molecule has 0 bridgehead atoms. The molecule has 0 spiro atoms. The maximum atomic E-state index is 6.88. The van der Waals surface area contributed by atoms with Crippen LogP contribution in [-0.4, -0.2) is 0 Å². The molecule has 0 aromatic carbocycles.